The number of rotatable bonds is 4. The maximum atomic E-state index is 13.7. The van der Waals surface area contributed by atoms with Crippen molar-refractivity contribution in [2.75, 3.05) is 0 Å². The molecule has 3 amide bonds. The molecule has 2 fully saturated rings. The number of nitrogens with zero attached hydrogens (tertiary/aromatic N) is 1. The summed E-state index contributed by atoms with van der Waals surface area (Å²) in [6.07, 6.45) is -9.61. The molecule has 2 aromatic rings. The van der Waals surface area contributed by atoms with Gasteiger partial charge in [-0.05, 0) is 11.1 Å². The molecule has 2 aromatic carbocycles. The van der Waals surface area contributed by atoms with E-state index in [1.54, 1.807) is 60.7 Å². The number of carboxylic acids is 1. The summed E-state index contributed by atoms with van der Waals surface area (Å²) in [5, 5.41) is 42.4. The summed E-state index contributed by atoms with van der Waals surface area (Å²) < 4.78 is 5.22. The number of aliphatic hydroxyl groups excluding tert-OH is 3. The van der Waals surface area contributed by atoms with Crippen LogP contribution in [0.25, 0.3) is 0 Å². The first-order valence-corrected chi connectivity index (χ1v) is 9.48. The van der Waals surface area contributed by atoms with E-state index in [-0.39, 0.29) is 0 Å². The van der Waals surface area contributed by atoms with Crippen molar-refractivity contribution in [2.45, 2.75) is 36.2 Å². The van der Waals surface area contributed by atoms with Crippen molar-refractivity contribution in [1.29, 1.82) is 0 Å². The highest BCUT2D eigenvalue weighted by molar-refractivity contribution is 6.09. The predicted octanol–water partition coefficient (Wildman–Crippen LogP) is -0.626. The van der Waals surface area contributed by atoms with Crippen LogP contribution in [0.2, 0.25) is 0 Å². The third-order valence-electron chi connectivity index (χ3n) is 5.55. The van der Waals surface area contributed by atoms with Gasteiger partial charge in [-0.3, -0.25) is 4.79 Å². The number of nitrogens with one attached hydrogen (secondary N) is 1. The number of aliphatic carboxylic acids is 1. The molecule has 10 heteroatoms. The van der Waals surface area contributed by atoms with Crippen LogP contribution in [0, 0.1) is 0 Å². The van der Waals surface area contributed by atoms with Crippen LogP contribution in [0.5, 0.6) is 0 Å². The quantitative estimate of drug-likeness (QED) is 0.403. The maximum Gasteiger partial charge on any atom is 0.335 e. The number of imide groups is 1. The van der Waals surface area contributed by atoms with E-state index in [0.29, 0.717) is 16.0 Å². The Morgan fingerprint density at radius 3 is 1.87 bits per heavy atom. The van der Waals surface area contributed by atoms with Gasteiger partial charge in [0, 0.05) is 0 Å². The Balaban J connectivity index is 1.81. The van der Waals surface area contributed by atoms with E-state index >= 15 is 0 Å². The van der Waals surface area contributed by atoms with Crippen LogP contribution in [0.3, 0.4) is 0 Å². The third-order valence-corrected chi connectivity index (χ3v) is 5.55. The van der Waals surface area contributed by atoms with Gasteiger partial charge < -0.3 is 30.5 Å². The number of carbonyl (C=O) groups is 3. The second kappa shape index (κ2) is 7.75. The zero-order chi connectivity index (χ0) is 22.3. The summed E-state index contributed by atoms with van der Waals surface area (Å²) in [5.74, 6) is -2.44. The van der Waals surface area contributed by atoms with E-state index in [4.69, 9.17) is 4.74 Å². The topological polar surface area (TPSA) is 157 Å². The Labute approximate surface area is 176 Å². The molecule has 2 aliphatic heterocycles. The van der Waals surface area contributed by atoms with Crippen LogP contribution in [0.15, 0.2) is 60.7 Å². The molecule has 162 valence electrons. The minimum Gasteiger partial charge on any atom is -0.479 e. The predicted molar refractivity (Wildman–Crippen MR) is 103 cm³/mol. The molecule has 2 heterocycles. The molecule has 0 aromatic heterocycles. The standard InChI is InChI=1S/C21H20N2O8/c24-13-14(25)16(18(27)28)31-17(15(13)26)23-19(29)21(22-20(23)30,11-7-3-1-4-8-11)12-9-5-2-6-10-12/h1-10,13-17,24-26H,(H,22,30)(H,27,28)/t13-,14-,15+,16-,17+/m0/s1. The number of benzene rings is 2. The van der Waals surface area contributed by atoms with Crippen molar-refractivity contribution in [3.8, 4) is 0 Å². The number of carbonyl (C=O) groups excluding carboxylic acids is 2. The van der Waals surface area contributed by atoms with Gasteiger partial charge in [0.25, 0.3) is 5.91 Å². The molecule has 0 saturated carbocycles. The summed E-state index contributed by atoms with van der Waals surface area (Å²) in [6.45, 7) is 0. The lowest BCUT2D eigenvalue weighted by Gasteiger charge is -2.41. The molecule has 2 saturated heterocycles. The minimum absolute atomic E-state index is 0.433. The zero-order valence-corrected chi connectivity index (χ0v) is 16.0. The Morgan fingerprint density at radius 2 is 1.39 bits per heavy atom. The Kier molecular flexibility index (Phi) is 5.23. The number of ether oxygens (including phenoxy) is 1. The molecular formula is C21H20N2O8. The lowest BCUT2D eigenvalue weighted by molar-refractivity contribution is -0.249. The number of carboxylic acid groups (broad SMARTS) is 1. The fourth-order valence-electron chi connectivity index (χ4n) is 3.99. The van der Waals surface area contributed by atoms with E-state index in [0.717, 1.165) is 0 Å². The number of hydrogen-bond donors (Lipinski definition) is 5. The molecule has 10 nitrogen and oxygen atoms in total. The SMILES string of the molecule is O=C(O)[C@H]1O[C@@H](N2C(=O)NC(c3ccccc3)(c3ccccc3)C2=O)[C@H](O)[C@@H](O)[C@@H]1O. The summed E-state index contributed by atoms with van der Waals surface area (Å²) in [7, 11) is 0. The average molecular weight is 428 g/mol. The molecule has 0 spiro atoms. The van der Waals surface area contributed by atoms with Crippen molar-refractivity contribution in [2.24, 2.45) is 0 Å². The minimum atomic E-state index is -1.95. The Bertz CT molecular complexity index is 959. The fraction of sp³-hybridized carbons (Fsp3) is 0.286. The monoisotopic (exact) mass is 428 g/mol. The number of urea groups is 1. The molecule has 5 atom stereocenters. The summed E-state index contributed by atoms with van der Waals surface area (Å²) in [6, 6.07) is 15.9. The van der Waals surface area contributed by atoms with Crippen LogP contribution >= 0.6 is 0 Å². The second-order valence-corrected chi connectivity index (χ2v) is 7.34. The van der Waals surface area contributed by atoms with Gasteiger partial charge in [0.2, 0.25) is 0 Å². The van der Waals surface area contributed by atoms with E-state index in [2.05, 4.69) is 5.32 Å². The van der Waals surface area contributed by atoms with E-state index in [9.17, 15) is 34.8 Å². The molecule has 4 rings (SSSR count). The lowest BCUT2D eigenvalue weighted by Crippen LogP contribution is -2.65. The van der Waals surface area contributed by atoms with Crippen molar-refractivity contribution >= 4 is 17.9 Å². The van der Waals surface area contributed by atoms with Gasteiger partial charge in [0.1, 0.15) is 18.3 Å². The molecule has 5 N–H and O–H groups in total. The van der Waals surface area contributed by atoms with E-state index < -0.39 is 54.1 Å². The van der Waals surface area contributed by atoms with Crippen molar-refractivity contribution in [1.82, 2.24) is 10.2 Å². The maximum absolute atomic E-state index is 13.7. The zero-order valence-electron chi connectivity index (χ0n) is 16.0. The van der Waals surface area contributed by atoms with Crippen LogP contribution < -0.4 is 5.32 Å². The Hall–Kier alpha value is -3.31. The lowest BCUT2D eigenvalue weighted by atomic mass is 9.82. The summed E-state index contributed by atoms with van der Waals surface area (Å²) >= 11 is 0. The van der Waals surface area contributed by atoms with Crippen molar-refractivity contribution in [3.63, 3.8) is 0 Å². The summed E-state index contributed by atoms with van der Waals surface area (Å²) in [5.41, 5.74) is -0.798. The van der Waals surface area contributed by atoms with Gasteiger partial charge in [-0.25, -0.2) is 14.5 Å². The highest BCUT2D eigenvalue weighted by Crippen LogP contribution is 2.38. The smallest absolute Gasteiger partial charge is 0.335 e. The molecule has 0 radical (unpaired) electrons. The summed E-state index contributed by atoms with van der Waals surface area (Å²) in [4.78, 5) is 38.7. The van der Waals surface area contributed by atoms with E-state index in [1.165, 1.54) is 0 Å². The van der Waals surface area contributed by atoms with Gasteiger partial charge >= 0.3 is 12.0 Å². The number of hydrogen-bond acceptors (Lipinski definition) is 7. The van der Waals surface area contributed by atoms with Gasteiger partial charge in [-0.15, -0.1) is 0 Å². The van der Waals surface area contributed by atoms with Gasteiger partial charge in [-0.2, -0.15) is 0 Å². The Morgan fingerprint density at radius 1 is 0.871 bits per heavy atom. The van der Waals surface area contributed by atoms with Crippen LogP contribution in [0.1, 0.15) is 11.1 Å². The third kappa shape index (κ3) is 3.17. The highest BCUT2D eigenvalue weighted by Gasteiger charge is 2.60. The first kappa shape index (κ1) is 20.9. The van der Waals surface area contributed by atoms with Crippen molar-refractivity contribution < 1.29 is 39.5 Å². The fourth-order valence-corrected chi connectivity index (χ4v) is 3.99. The van der Waals surface area contributed by atoms with Crippen LogP contribution in [0.4, 0.5) is 4.79 Å². The van der Waals surface area contributed by atoms with Gasteiger partial charge in [0.15, 0.2) is 17.9 Å². The van der Waals surface area contributed by atoms with Gasteiger partial charge in [-0.1, -0.05) is 60.7 Å². The van der Waals surface area contributed by atoms with E-state index in [1.807, 2.05) is 0 Å². The molecule has 0 aliphatic carbocycles. The second-order valence-electron chi connectivity index (χ2n) is 7.34. The first-order chi connectivity index (χ1) is 14.8. The largest absolute Gasteiger partial charge is 0.479 e. The molecular weight excluding hydrogens is 408 g/mol. The highest BCUT2D eigenvalue weighted by atomic mass is 16.6. The van der Waals surface area contributed by atoms with Crippen LogP contribution in [-0.2, 0) is 19.9 Å². The molecule has 0 bridgehead atoms. The average Bonchev–Trinajstić information content (AvgIpc) is 3.04. The molecule has 2 aliphatic rings. The van der Waals surface area contributed by atoms with Gasteiger partial charge in [0.05, 0.1) is 0 Å². The van der Waals surface area contributed by atoms with Crippen molar-refractivity contribution in [3.05, 3.63) is 71.8 Å². The normalized spacial score (nSPS) is 30.2. The van der Waals surface area contributed by atoms with Crippen LogP contribution in [-0.4, -0.2) is 73.9 Å². The molecule has 0 unspecified atom stereocenters. The number of aliphatic hydroxyl groups is 3. The first-order valence-electron chi connectivity index (χ1n) is 9.48. The molecule has 31 heavy (non-hydrogen) atoms. The number of amides is 3.